The van der Waals surface area contributed by atoms with E-state index in [9.17, 15) is 0 Å². The average molecular weight is 1060 g/mol. The van der Waals surface area contributed by atoms with Crippen LogP contribution in [0, 0.1) is 5.92 Å². The Morgan fingerprint density at radius 2 is 0.891 bits per heavy atom. The third kappa shape index (κ3) is 21.4. The van der Waals surface area contributed by atoms with E-state index in [2.05, 4.69) is 0 Å². The minimum Gasteiger partial charge on any atom is -0.374 e. The molecule has 0 heterocycles. The van der Waals surface area contributed by atoms with Crippen LogP contribution >= 0.6 is 118 Å². The molecular weight excluding hydrogens is 985 g/mol. The molecule has 0 radical (unpaired) electrons. The first-order valence-electron chi connectivity index (χ1n) is 19.6. The van der Waals surface area contributed by atoms with Crippen LogP contribution in [0.5, 0.6) is 0 Å². The summed E-state index contributed by atoms with van der Waals surface area (Å²) < 4.78 is 57.5. The molecule has 9 nitrogen and oxygen atoms in total. The van der Waals surface area contributed by atoms with Crippen molar-refractivity contribution in [1.82, 2.24) is 0 Å². The highest BCUT2D eigenvalue weighted by atomic mass is 34.1. The van der Waals surface area contributed by atoms with Gasteiger partial charge in [0.05, 0.1) is 10.8 Å². The van der Waals surface area contributed by atoms with Crippen LogP contribution in [0.4, 0.5) is 0 Å². The molecule has 0 amide bonds. The molecule has 0 N–H and O–H groups in total. The molecule has 3 atom stereocenters. The number of rotatable bonds is 36. The van der Waals surface area contributed by atoms with Crippen LogP contribution in [-0.4, -0.2) is 108 Å². The molecule has 0 aromatic rings. The third-order valence-electron chi connectivity index (χ3n) is 8.22. The Balaban J connectivity index is 3.86. The standard InChI is InChI=1S/C31H74O9S12Si3/c1-10-32-53(33-11-2,34-12-3)28-22-26-50(27-25-31-23-20-19-21-24-31,49-52(44,46-42)30-55(38-16-7,39-17-8)40-18-9)47-48-51(43,45-41)29-54(35-13-4,36-14-5)37-15-6/h31,41-44H,10-30H2,1-9H3. The molecule has 0 aromatic carbocycles. The molecule has 1 fully saturated rings. The van der Waals surface area contributed by atoms with Crippen molar-refractivity contribution in [2.45, 2.75) is 113 Å². The zero-order valence-corrected chi connectivity index (χ0v) is 47.8. The molecule has 0 saturated heterocycles. The summed E-state index contributed by atoms with van der Waals surface area (Å²) in [7, 11) is -5.29. The number of thiol groups is 4. The Morgan fingerprint density at radius 1 is 0.509 bits per heavy atom. The van der Waals surface area contributed by atoms with Crippen molar-refractivity contribution in [3.05, 3.63) is 0 Å². The lowest BCUT2D eigenvalue weighted by molar-refractivity contribution is 0.0710. The van der Waals surface area contributed by atoms with Gasteiger partial charge >= 0.3 is 26.4 Å². The fourth-order valence-corrected chi connectivity index (χ4v) is 77.9. The van der Waals surface area contributed by atoms with Crippen molar-refractivity contribution in [3.8, 4) is 0 Å². The molecule has 336 valence electrons. The molecule has 24 heteroatoms. The van der Waals surface area contributed by atoms with E-state index < -0.39 is 48.8 Å². The normalized spacial score (nSPS) is 20.0. The van der Waals surface area contributed by atoms with Crippen molar-refractivity contribution in [1.29, 1.82) is 0 Å². The maximum atomic E-state index is 6.44. The second-order valence-corrected chi connectivity index (χ2v) is 54.9. The number of hydrogen-bond acceptors (Lipinski definition) is 18. The van der Waals surface area contributed by atoms with Crippen LogP contribution in [0.1, 0.15) is 107 Å². The van der Waals surface area contributed by atoms with Gasteiger partial charge in [-0.25, -0.2) is 0 Å². The van der Waals surface area contributed by atoms with Crippen LogP contribution in [0.3, 0.4) is 0 Å². The predicted molar refractivity (Wildman–Crippen MR) is 279 cm³/mol. The zero-order valence-electron chi connectivity index (χ0n) is 34.7. The summed E-state index contributed by atoms with van der Waals surface area (Å²) in [5.41, 5.74) is 0. The lowest BCUT2D eigenvalue weighted by Gasteiger charge is -2.48. The minimum atomic E-state index is -3.08. The van der Waals surface area contributed by atoms with E-state index in [1.807, 2.05) is 91.8 Å². The molecule has 1 rings (SSSR count). The topological polar surface area (TPSA) is 83.1 Å². The summed E-state index contributed by atoms with van der Waals surface area (Å²) >= 11 is 20.9. The minimum absolute atomic E-state index is 0.510. The van der Waals surface area contributed by atoms with Gasteiger partial charge in [-0.1, -0.05) is 69.7 Å². The Labute approximate surface area is 381 Å². The summed E-state index contributed by atoms with van der Waals surface area (Å²) in [6.07, 6.45) is 8.62. The van der Waals surface area contributed by atoms with Gasteiger partial charge in [0.15, 0.2) is 0 Å². The van der Waals surface area contributed by atoms with Crippen LogP contribution in [0.25, 0.3) is 0 Å². The van der Waals surface area contributed by atoms with Gasteiger partial charge in [0.1, 0.15) is 0 Å². The molecule has 1 aliphatic carbocycles. The summed E-state index contributed by atoms with van der Waals surface area (Å²) in [6.45, 7) is 22.8. The van der Waals surface area contributed by atoms with E-state index in [1.165, 1.54) is 48.4 Å². The Hall–Kier alpha value is 4.49. The van der Waals surface area contributed by atoms with Crippen LogP contribution in [0.2, 0.25) is 6.04 Å². The van der Waals surface area contributed by atoms with E-state index in [-0.39, 0.29) is 0 Å². The molecule has 0 spiro atoms. The highest BCUT2D eigenvalue weighted by Crippen LogP contribution is 2.94. The molecule has 1 aliphatic rings. The van der Waals surface area contributed by atoms with E-state index in [4.69, 9.17) is 86.5 Å². The largest absolute Gasteiger partial charge is 0.512 e. The van der Waals surface area contributed by atoms with Crippen LogP contribution in [0.15, 0.2) is 0 Å². The average Bonchev–Trinajstić information content (AvgIpc) is 3.14. The van der Waals surface area contributed by atoms with E-state index in [0.29, 0.717) is 76.1 Å². The monoisotopic (exact) mass is 1060 g/mol. The molecular formula is C31H74O9S12Si3. The third-order valence-corrected chi connectivity index (χ3v) is 68.3. The maximum absolute atomic E-state index is 6.44. The lowest BCUT2D eigenvalue weighted by atomic mass is 9.88. The highest BCUT2D eigenvalue weighted by Gasteiger charge is 2.51. The first-order valence-corrected chi connectivity index (χ1v) is 42.9. The highest BCUT2D eigenvalue weighted by molar-refractivity contribution is 9.73. The summed E-state index contributed by atoms with van der Waals surface area (Å²) in [5, 5.41) is 1.17. The van der Waals surface area contributed by atoms with Crippen molar-refractivity contribution in [2.24, 2.45) is 5.92 Å². The van der Waals surface area contributed by atoms with Crippen molar-refractivity contribution >= 4 is 145 Å². The summed E-state index contributed by atoms with van der Waals surface area (Å²) in [6, 6.07) is 0.750. The van der Waals surface area contributed by atoms with Gasteiger partial charge in [0.25, 0.3) is 0 Å². The quantitative estimate of drug-likeness (QED) is 0.0273. The molecule has 3 unspecified atom stereocenters. The smallest absolute Gasteiger partial charge is 0.374 e. The second-order valence-electron chi connectivity index (χ2n) is 12.3. The van der Waals surface area contributed by atoms with Crippen molar-refractivity contribution in [3.63, 3.8) is 0 Å². The van der Waals surface area contributed by atoms with Gasteiger partial charge in [-0.05, 0) is 142 Å². The van der Waals surface area contributed by atoms with Gasteiger partial charge in [-0.3, -0.25) is 0 Å². The molecule has 0 aromatic heterocycles. The van der Waals surface area contributed by atoms with E-state index in [1.54, 1.807) is 9.83 Å². The number of hydrogen-bond donors (Lipinski definition) is 4. The van der Waals surface area contributed by atoms with Crippen molar-refractivity contribution in [2.75, 3.05) is 81.7 Å². The summed E-state index contributed by atoms with van der Waals surface area (Å²) in [4.78, 5) is 0. The Morgan fingerprint density at radius 3 is 1.27 bits per heavy atom. The SMILES string of the molecule is CCO[Si](CCCS(CCC1CCCCC1)(SSS(S)(C[Si](OCC)(OCC)OCC)SS)SS(S)(C[Si](OCC)(OCC)OCC)SS)(OCC)OCC. The fraction of sp³-hybridized carbons (Fsp3) is 1.00. The molecule has 0 bridgehead atoms. The lowest BCUT2D eigenvalue weighted by Crippen LogP contribution is -2.50. The van der Waals surface area contributed by atoms with Gasteiger partial charge < -0.3 is 39.8 Å². The van der Waals surface area contributed by atoms with E-state index >= 15 is 0 Å². The van der Waals surface area contributed by atoms with Crippen molar-refractivity contribution < 1.29 is 39.8 Å². The fourth-order valence-electron chi connectivity index (χ4n) is 6.26. The Kier molecular flexibility index (Phi) is 32.8. The van der Waals surface area contributed by atoms with E-state index in [0.717, 1.165) is 24.0 Å². The molecule has 0 aliphatic heterocycles. The van der Waals surface area contributed by atoms with Gasteiger partial charge in [-0.15, -0.1) is 31.4 Å². The van der Waals surface area contributed by atoms with Gasteiger partial charge in [0, 0.05) is 65.5 Å². The van der Waals surface area contributed by atoms with Gasteiger partial charge in [-0.2, -0.15) is 0 Å². The first kappa shape index (κ1) is 57.5. The molecule has 1 saturated carbocycles. The Bertz CT molecular complexity index is 944. The van der Waals surface area contributed by atoms with Gasteiger partial charge in [0.2, 0.25) is 0 Å². The maximum Gasteiger partial charge on any atom is 0.512 e. The van der Waals surface area contributed by atoms with Crippen LogP contribution < -0.4 is 0 Å². The predicted octanol–water partition coefficient (Wildman–Crippen LogP) is 13.4. The van der Waals surface area contributed by atoms with Crippen LogP contribution in [-0.2, 0) is 39.8 Å². The molecule has 55 heavy (non-hydrogen) atoms. The summed E-state index contributed by atoms with van der Waals surface area (Å²) in [5.74, 6) is 2.76. The first-order chi connectivity index (χ1) is 26.3. The second kappa shape index (κ2) is 31.4. The zero-order chi connectivity index (χ0) is 41.3.